The zero-order chi connectivity index (χ0) is 10.4. The van der Waals surface area contributed by atoms with Crippen molar-refractivity contribution in [2.24, 2.45) is 9.98 Å². The van der Waals surface area contributed by atoms with E-state index in [1.165, 1.54) is 0 Å². The minimum atomic E-state index is 0.620. The van der Waals surface area contributed by atoms with Gasteiger partial charge in [0.1, 0.15) is 11.4 Å². The van der Waals surface area contributed by atoms with Crippen LogP contribution in [0.1, 0.15) is 5.56 Å². The standard InChI is InChI=1S/C10H6N2S2/c1-2-8-4-3-5-9(11-6-13)10(8)12-7-14/h2-5H,1H2. The maximum absolute atomic E-state index is 4.55. The van der Waals surface area contributed by atoms with E-state index >= 15 is 0 Å². The average Bonchev–Trinajstić information content (AvgIpc) is 2.21. The van der Waals surface area contributed by atoms with E-state index in [-0.39, 0.29) is 0 Å². The molecule has 1 rings (SSSR count). The van der Waals surface area contributed by atoms with Gasteiger partial charge in [0, 0.05) is 5.56 Å². The third-order valence-electron chi connectivity index (χ3n) is 1.59. The lowest BCUT2D eigenvalue weighted by atomic mass is 10.1. The van der Waals surface area contributed by atoms with Crippen LogP contribution < -0.4 is 0 Å². The van der Waals surface area contributed by atoms with Gasteiger partial charge in [-0.05, 0) is 30.5 Å². The van der Waals surface area contributed by atoms with E-state index in [0.29, 0.717) is 11.4 Å². The summed E-state index contributed by atoms with van der Waals surface area (Å²) in [7, 11) is 0. The largest absolute Gasteiger partial charge is 0.192 e. The molecule has 0 bridgehead atoms. The molecule has 0 aliphatic carbocycles. The fraction of sp³-hybridized carbons (Fsp3) is 0. The number of rotatable bonds is 3. The van der Waals surface area contributed by atoms with Crippen molar-refractivity contribution in [1.82, 2.24) is 0 Å². The smallest absolute Gasteiger partial charge is 0.108 e. The van der Waals surface area contributed by atoms with Crippen LogP contribution in [-0.2, 0) is 0 Å². The predicted octanol–water partition coefficient (Wildman–Crippen LogP) is 3.80. The van der Waals surface area contributed by atoms with Gasteiger partial charge in [0.2, 0.25) is 0 Å². The van der Waals surface area contributed by atoms with Crippen LogP contribution in [0.4, 0.5) is 11.4 Å². The first-order valence-corrected chi connectivity index (χ1v) is 4.56. The van der Waals surface area contributed by atoms with E-state index < -0.39 is 0 Å². The van der Waals surface area contributed by atoms with Gasteiger partial charge in [-0.25, -0.2) is 0 Å². The minimum absolute atomic E-state index is 0.620. The number of hydrogen-bond acceptors (Lipinski definition) is 4. The summed E-state index contributed by atoms with van der Waals surface area (Å²) >= 11 is 9.07. The number of nitrogens with zero attached hydrogens (tertiary/aromatic N) is 2. The van der Waals surface area contributed by atoms with Crippen molar-refractivity contribution in [2.45, 2.75) is 0 Å². The fourth-order valence-electron chi connectivity index (χ4n) is 1.02. The Labute approximate surface area is 92.7 Å². The molecule has 0 atom stereocenters. The third kappa shape index (κ3) is 2.28. The fourth-order valence-corrected chi connectivity index (χ4v) is 1.21. The summed E-state index contributed by atoms with van der Waals surface area (Å²) in [6, 6.07) is 5.48. The predicted molar refractivity (Wildman–Crippen MR) is 65.9 cm³/mol. The van der Waals surface area contributed by atoms with E-state index in [0.717, 1.165) is 5.56 Å². The summed E-state index contributed by atoms with van der Waals surface area (Å²) in [6.07, 6.45) is 1.67. The Bertz CT molecular complexity index is 453. The van der Waals surface area contributed by atoms with Crippen LogP contribution in [-0.4, -0.2) is 10.3 Å². The second kappa shape index (κ2) is 5.32. The van der Waals surface area contributed by atoms with Gasteiger partial charge < -0.3 is 0 Å². The molecule has 0 aromatic heterocycles. The van der Waals surface area contributed by atoms with Crippen LogP contribution in [0.25, 0.3) is 6.08 Å². The van der Waals surface area contributed by atoms with E-state index in [1.807, 2.05) is 12.1 Å². The Morgan fingerprint density at radius 1 is 1.21 bits per heavy atom. The topological polar surface area (TPSA) is 24.7 Å². The molecule has 68 valence electrons. The maximum Gasteiger partial charge on any atom is 0.108 e. The molecule has 0 spiro atoms. The Hall–Kier alpha value is -1.44. The number of thiocarbonyl (C=S) groups is 2. The molecule has 1 aromatic rings. The van der Waals surface area contributed by atoms with Crippen LogP contribution in [0, 0.1) is 0 Å². The van der Waals surface area contributed by atoms with Gasteiger partial charge in [0.05, 0.1) is 10.3 Å². The van der Waals surface area contributed by atoms with Gasteiger partial charge in [-0.1, -0.05) is 24.8 Å². The summed E-state index contributed by atoms with van der Waals surface area (Å²) in [5, 5.41) is 4.58. The van der Waals surface area contributed by atoms with Gasteiger partial charge in [-0.15, -0.1) is 0 Å². The molecular weight excluding hydrogens is 212 g/mol. The molecule has 0 heterocycles. The third-order valence-corrected chi connectivity index (χ3v) is 1.77. The van der Waals surface area contributed by atoms with Gasteiger partial charge in [0.15, 0.2) is 0 Å². The summed E-state index contributed by atoms with van der Waals surface area (Å²) in [6.45, 7) is 3.67. The second-order valence-corrected chi connectivity index (χ2v) is 2.69. The monoisotopic (exact) mass is 218 g/mol. The molecule has 2 nitrogen and oxygen atoms in total. The Kier molecular flexibility index (Phi) is 4.05. The first kappa shape index (κ1) is 10.6. The Morgan fingerprint density at radius 3 is 2.50 bits per heavy atom. The van der Waals surface area contributed by atoms with Crippen molar-refractivity contribution in [2.75, 3.05) is 0 Å². The Balaban J connectivity index is 3.49. The number of para-hydroxylation sites is 1. The van der Waals surface area contributed by atoms with Crippen molar-refractivity contribution in [3.8, 4) is 0 Å². The summed E-state index contributed by atoms with van der Waals surface area (Å²) in [5.41, 5.74) is 2.08. The first-order valence-electron chi connectivity index (χ1n) is 3.74. The SMILES string of the molecule is C=Cc1cccc(N=C=S)c1N=C=S. The molecule has 0 saturated carbocycles. The molecule has 0 N–H and O–H groups in total. The number of isothiocyanates is 2. The van der Waals surface area contributed by atoms with E-state index in [9.17, 15) is 0 Å². The molecule has 0 fully saturated rings. The summed E-state index contributed by atoms with van der Waals surface area (Å²) in [4.78, 5) is 7.78. The Morgan fingerprint density at radius 2 is 1.93 bits per heavy atom. The van der Waals surface area contributed by atoms with Gasteiger partial charge in [0.25, 0.3) is 0 Å². The molecule has 0 radical (unpaired) electrons. The lowest BCUT2D eigenvalue weighted by Gasteiger charge is -2.00. The van der Waals surface area contributed by atoms with Crippen LogP contribution >= 0.6 is 24.4 Å². The number of benzene rings is 1. The van der Waals surface area contributed by atoms with Crippen LogP contribution in [0.3, 0.4) is 0 Å². The molecule has 0 aliphatic rings. The van der Waals surface area contributed by atoms with Crippen molar-refractivity contribution in [3.63, 3.8) is 0 Å². The number of aliphatic imine (C=N–C) groups is 2. The van der Waals surface area contributed by atoms with E-state index in [4.69, 9.17) is 0 Å². The van der Waals surface area contributed by atoms with Crippen LogP contribution in [0.2, 0.25) is 0 Å². The zero-order valence-corrected chi connectivity index (χ0v) is 8.86. The lowest BCUT2D eigenvalue weighted by molar-refractivity contribution is 1.46. The molecule has 0 amide bonds. The molecule has 14 heavy (non-hydrogen) atoms. The molecule has 0 saturated heterocycles. The van der Waals surface area contributed by atoms with Crippen molar-refractivity contribution < 1.29 is 0 Å². The maximum atomic E-state index is 4.55. The first-order chi connectivity index (χ1) is 6.83. The minimum Gasteiger partial charge on any atom is -0.192 e. The highest BCUT2D eigenvalue weighted by atomic mass is 32.1. The molecule has 0 unspecified atom stereocenters. The van der Waals surface area contributed by atoms with Gasteiger partial charge >= 0.3 is 0 Å². The van der Waals surface area contributed by atoms with Crippen LogP contribution in [0.5, 0.6) is 0 Å². The highest BCUT2D eigenvalue weighted by molar-refractivity contribution is 7.78. The van der Waals surface area contributed by atoms with Gasteiger partial charge in [-0.2, -0.15) is 9.98 Å². The average molecular weight is 218 g/mol. The molecule has 4 heteroatoms. The normalized spacial score (nSPS) is 8.29. The van der Waals surface area contributed by atoms with Crippen molar-refractivity contribution >= 4 is 52.2 Å². The molecule has 1 aromatic carbocycles. The highest BCUT2D eigenvalue weighted by Crippen LogP contribution is 2.31. The van der Waals surface area contributed by atoms with Crippen molar-refractivity contribution in [3.05, 3.63) is 30.3 Å². The molecular formula is C10H6N2S2. The quantitative estimate of drug-likeness (QED) is 0.569. The highest BCUT2D eigenvalue weighted by Gasteiger charge is 2.02. The molecule has 0 aliphatic heterocycles. The lowest BCUT2D eigenvalue weighted by Crippen LogP contribution is -1.74. The van der Waals surface area contributed by atoms with E-state index in [1.54, 1.807) is 12.1 Å². The second-order valence-electron chi connectivity index (χ2n) is 2.33. The summed E-state index contributed by atoms with van der Waals surface area (Å²) in [5.74, 6) is 0. The zero-order valence-electron chi connectivity index (χ0n) is 7.23. The van der Waals surface area contributed by atoms with Gasteiger partial charge in [-0.3, -0.25) is 0 Å². The number of hydrogen-bond donors (Lipinski definition) is 0. The van der Waals surface area contributed by atoms with Crippen LogP contribution in [0.15, 0.2) is 34.8 Å². The van der Waals surface area contributed by atoms with Crippen molar-refractivity contribution in [1.29, 1.82) is 0 Å². The van der Waals surface area contributed by atoms with E-state index in [2.05, 4.69) is 51.3 Å². The summed E-state index contributed by atoms with van der Waals surface area (Å²) < 4.78 is 0.